The zero-order valence-electron chi connectivity index (χ0n) is 9.07. The van der Waals surface area contributed by atoms with Crippen molar-refractivity contribution in [2.24, 2.45) is 0 Å². The molecule has 6 atom stereocenters. The number of ether oxygens (including phenoxy) is 4. The van der Waals surface area contributed by atoms with E-state index in [1.165, 1.54) is 14.0 Å². The minimum Gasteiger partial charge on any atom is -0.394 e. The van der Waals surface area contributed by atoms with E-state index < -0.39 is 43.3 Å². The molecule has 2 rings (SSSR count). The molecule has 16 heavy (non-hydrogen) atoms. The minimum absolute atomic E-state index is 0.408. The van der Waals surface area contributed by atoms with E-state index in [0.717, 1.165) is 0 Å². The molecule has 0 aromatic rings. The van der Waals surface area contributed by atoms with Crippen LogP contribution in [0.25, 0.3) is 0 Å². The van der Waals surface area contributed by atoms with Crippen LogP contribution in [0.5, 0.6) is 0 Å². The molecule has 7 nitrogen and oxygen atoms in total. The van der Waals surface area contributed by atoms with Crippen molar-refractivity contribution in [3.8, 4) is 0 Å². The summed E-state index contributed by atoms with van der Waals surface area (Å²) in [4.78, 5) is 0. The van der Waals surface area contributed by atoms with Gasteiger partial charge in [0.2, 0.25) is 0 Å². The van der Waals surface area contributed by atoms with Gasteiger partial charge in [-0.2, -0.15) is 0 Å². The first-order valence-corrected chi connectivity index (χ1v) is 5.04. The van der Waals surface area contributed by atoms with Crippen LogP contribution in [0.1, 0.15) is 6.92 Å². The van der Waals surface area contributed by atoms with E-state index in [9.17, 15) is 10.2 Å². The predicted molar refractivity (Wildman–Crippen MR) is 49.1 cm³/mol. The summed E-state index contributed by atoms with van der Waals surface area (Å²) in [5, 5.41) is 28.4. The van der Waals surface area contributed by atoms with E-state index in [2.05, 4.69) is 0 Å². The number of methoxy groups -OCH3 is 1. The van der Waals surface area contributed by atoms with E-state index >= 15 is 0 Å². The van der Waals surface area contributed by atoms with Gasteiger partial charge in [0, 0.05) is 14.0 Å². The van der Waals surface area contributed by atoms with Crippen LogP contribution in [0.4, 0.5) is 0 Å². The summed E-state index contributed by atoms with van der Waals surface area (Å²) >= 11 is 0. The first-order valence-electron chi connectivity index (χ1n) is 5.04. The number of hydrogen-bond acceptors (Lipinski definition) is 7. The molecule has 0 aliphatic carbocycles. The largest absolute Gasteiger partial charge is 0.394 e. The first kappa shape index (κ1) is 12.2. The Hall–Kier alpha value is -0.280. The molecule has 2 aliphatic rings. The summed E-state index contributed by atoms with van der Waals surface area (Å²) < 4.78 is 20.8. The standard InChI is InChI=1S/C9H16O7/c1-9(13-2)15-7-6(12)5(11)4(3-10)14-8(7)16-9/h4-8,10-12H,3H2,1-2H3/t4?,5-,6+,7?,8+,9-/m1/s1. The normalized spacial score (nSPS) is 52.7. The number of aliphatic hydroxyl groups excluding tert-OH is 3. The summed E-state index contributed by atoms with van der Waals surface area (Å²) in [6, 6.07) is 0. The van der Waals surface area contributed by atoms with E-state index in [0.29, 0.717) is 0 Å². The van der Waals surface area contributed by atoms with Crippen LogP contribution in [-0.2, 0) is 18.9 Å². The van der Waals surface area contributed by atoms with Crippen LogP contribution >= 0.6 is 0 Å². The summed E-state index contributed by atoms with van der Waals surface area (Å²) in [5.74, 6) is -1.31. The lowest BCUT2D eigenvalue weighted by atomic mass is 9.99. The highest BCUT2D eigenvalue weighted by Gasteiger charge is 2.55. The quantitative estimate of drug-likeness (QED) is 0.518. The molecule has 7 heteroatoms. The molecule has 2 heterocycles. The minimum atomic E-state index is -1.31. The van der Waals surface area contributed by atoms with Gasteiger partial charge in [-0.1, -0.05) is 0 Å². The van der Waals surface area contributed by atoms with Crippen molar-refractivity contribution in [2.75, 3.05) is 13.7 Å². The maximum Gasteiger partial charge on any atom is 0.282 e. The monoisotopic (exact) mass is 236 g/mol. The fourth-order valence-electron chi connectivity index (χ4n) is 1.86. The lowest BCUT2D eigenvalue weighted by Crippen LogP contribution is -2.57. The molecule has 0 radical (unpaired) electrons. The Bertz CT molecular complexity index is 260. The molecule has 0 aromatic carbocycles. The summed E-state index contributed by atoms with van der Waals surface area (Å²) in [5.41, 5.74) is 0. The van der Waals surface area contributed by atoms with Crippen molar-refractivity contribution in [3.05, 3.63) is 0 Å². The molecular weight excluding hydrogens is 220 g/mol. The van der Waals surface area contributed by atoms with E-state index in [4.69, 9.17) is 24.1 Å². The Kier molecular flexibility index (Phi) is 3.19. The maximum absolute atomic E-state index is 9.78. The smallest absolute Gasteiger partial charge is 0.282 e. The molecular formula is C9H16O7. The third kappa shape index (κ3) is 1.84. The van der Waals surface area contributed by atoms with Crippen LogP contribution in [0.3, 0.4) is 0 Å². The van der Waals surface area contributed by atoms with Crippen molar-refractivity contribution in [1.29, 1.82) is 0 Å². The molecule has 0 aromatic heterocycles. The van der Waals surface area contributed by atoms with Crippen LogP contribution < -0.4 is 0 Å². The highest BCUT2D eigenvalue weighted by molar-refractivity contribution is 4.93. The highest BCUT2D eigenvalue weighted by Crippen LogP contribution is 2.36. The van der Waals surface area contributed by atoms with Crippen LogP contribution in [0, 0.1) is 0 Å². The maximum atomic E-state index is 9.78. The van der Waals surface area contributed by atoms with E-state index in [-0.39, 0.29) is 0 Å². The second-order valence-corrected chi connectivity index (χ2v) is 3.97. The van der Waals surface area contributed by atoms with Gasteiger partial charge in [0.05, 0.1) is 6.61 Å². The van der Waals surface area contributed by atoms with E-state index in [1.807, 2.05) is 0 Å². The van der Waals surface area contributed by atoms with Gasteiger partial charge in [-0.15, -0.1) is 0 Å². The van der Waals surface area contributed by atoms with Gasteiger partial charge < -0.3 is 29.5 Å². The average Bonchev–Trinajstić information content (AvgIpc) is 2.62. The molecule has 2 aliphatic heterocycles. The summed E-state index contributed by atoms with van der Waals surface area (Å²) in [6.45, 7) is 1.12. The van der Waals surface area contributed by atoms with Gasteiger partial charge in [-0.05, 0) is 0 Å². The van der Waals surface area contributed by atoms with Crippen molar-refractivity contribution in [3.63, 3.8) is 0 Å². The van der Waals surface area contributed by atoms with Crippen molar-refractivity contribution < 1.29 is 34.3 Å². The Labute approximate surface area is 92.5 Å². The molecule has 0 amide bonds. The van der Waals surface area contributed by atoms with Crippen molar-refractivity contribution in [1.82, 2.24) is 0 Å². The third-order valence-electron chi connectivity index (χ3n) is 2.88. The fourth-order valence-corrected chi connectivity index (χ4v) is 1.86. The molecule has 0 spiro atoms. The zero-order valence-corrected chi connectivity index (χ0v) is 9.07. The van der Waals surface area contributed by atoms with Gasteiger partial charge in [-0.3, -0.25) is 4.74 Å². The fraction of sp³-hybridized carbons (Fsp3) is 1.00. The Balaban J connectivity index is 2.13. The zero-order chi connectivity index (χ0) is 11.9. The molecule has 2 saturated heterocycles. The van der Waals surface area contributed by atoms with Crippen molar-refractivity contribution in [2.45, 2.75) is 43.6 Å². The first-order chi connectivity index (χ1) is 7.50. The average molecular weight is 236 g/mol. The van der Waals surface area contributed by atoms with Gasteiger partial charge in [0.25, 0.3) is 5.97 Å². The SMILES string of the molecule is CO[C@]1(C)OC2[C@@H](OC(CO)[C@@H](O)[C@@H]2O)O1. The van der Waals surface area contributed by atoms with Gasteiger partial charge >= 0.3 is 0 Å². The third-order valence-corrected chi connectivity index (χ3v) is 2.88. The van der Waals surface area contributed by atoms with Crippen LogP contribution in [0.15, 0.2) is 0 Å². The van der Waals surface area contributed by atoms with Gasteiger partial charge in [-0.25, -0.2) is 0 Å². The second kappa shape index (κ2) is 4.19. The number of hydrogen-bond donors (Lipinski definition) is 3. The summed E-state index contributed by atoms with van der Waals surface area (Å²) in [6.07, 6.45) is -4.98. The number of aliphatic hydroxyl groups is 3. The van der Waals surface area contributed by atoms with Gasteiger partial charge in [0.1, 0.15) is 24.4 Å². The predicted octanol–water partition coefficient (Wildman–Crippen LogP) is -1.84. The lowest BCUT2D eigenvalue weighted by Gasteiger charge is -2.36. The van der Waals surface area contributed by atoms with E-state index in [1.54, 1.807) is 0 Å². The summed E-state index contributed by atoms with van der Waals surface area (Å²) in [7, 11) is 1.39. The number of rotatable bonds is 2. The molecule has 94 valence electrons. The molecule has 3 N–H and O–H groups in total. The molecule has 0 bridgehead atoms. The van der Waals surface area contributed by atoms with Gasteiger partial charge in [0.15, 0.2) is 6.29 Å². The Morgan fingerprint density at radius 2 is 1.94 bits per heavy atom. The lowest BCUT2D eigenvalue weighted by molar-refractivity contribution is -0.334. The molecule has 0 saturated carbocycles. The molecule has 2 unspecified atom stereocenters. The van der Waals surface area contributed by atoms with Crippen molar-refractivity contribution >= 4 is 0 Å². The van der Waals surface area contributed by atoms with Crippen LogP contribution in [0.2, 0.25) is 0 Å². The number of fused-ring (bicyclic) bond motifs is 1. The second-order valence-electron chi connectivity index (χ2n) is 3.97. The topological polar surface area (TPSA) is 97.6 Å². The van der Waals surface area contributed by atoms with Crippen LogP contribution in [-0.4, -0.2) is 65.7 Å². The Morgan fingerprint density at radius 1 is 1.25 bits per heavy atom. The molecule has 2 fully saturated rings. The Morgan fingerprint density at radius 3 is 2.50 bits per heavy atom. The highest BCUT2D eigenvalue weighted by atomic mass is 16.9.